The lowest BCUT2D eigenvalue weighted by atomic mass is 9.45. The largest absolute Gasteiger partial charge is 0.393 e. The first kappa shape index (κ1) is 27.4. The monoisotopic (exact) mass is 486 g/mol. The van der Waals surface area contributed by atoms with Gasteiger partial charge in [-0.15, -0.1) is 0 Å². The Morgan fingerprint density at radius 2 is 1.77 bits per heavy atom. The Kier molecular flexibility index (Phi) is 8.03. The Hall–Kier alpha value is -0.640. The van der Waals surface area contributed by atoms with E-state index in [0.717, 1.165) is 32.1 Å². The van der Waals surface area contributed by atoms with E-state index in [9.17, 15) is 10.2 Å². The van der Waals surface area contributed by atoms with E-state index >= 15 is 0 Å². The molecule has 4 aliphatic rings. The van der Waals surface area contributed by atoms with Gasteiger partial charge in [-0.05, 0) is 85.9 Å². The van der Waals surface area contributed by atoms with Gasteiger partial charge in [-0.25, -0.2) is 0 Å². The van der Waals surface area contributed by atoms with Crippen LogP contribution in [0.1, 0.15) is 106 Å². The highest BCUT2D eigenvalue weighted by Crippen LogP contribution is 2.67. The van der Waals surface area contributed by atoms with Crippen LogP contribution in [0.4, 0.5) is 0 Å². The number of hydrogen-bond acceptors (Lipinski definition) is 3. The van der Waals surface area contributed by atoms with Crippen molar-refractivity contribution in [3.05, 3.63) is 23.8 Å². The minimum atomic E-state index is -0.971. The summed E-state index contributed by atoms with van der Waals surface area (Å²) in [6, 6.07) is 0. The molecule has 0 radical (unpaired) electrons. The maximum Gasteiger partial charge on any atom is 0.105 e. The highest BCUT2D eigenvalue weighted by Gasteiger charge is 2.65. The second-order valence-corrected chi connectivity index (χ2v) is 13.7. The van der Waals surface area contributed by atoms with Gasteiger partial charge in [-0.1, -0.05) is 78.7 Å². The Morgan fingerprint density at radius 3 is 2.46 bits per heavy atom. The van der Waals surface area contributed by atoms with Crippen molar-refractivity contribution in [3.8, 4) is 0 Å². The van der Waals surface area contributed by atoms with Gasteiger partial charge in [0.25, 0.3) is 0 Å². The predicted molar refractivity (Wildman–Crippen MR) is 145 cm³/mol. The molecule has 4 aliphatic carbocycles. The van der Waals surface area contributed by atoms with E-state index in [1.807, 2.05) is 0 Å². The van der Waals surface area contributed by atoms with Crippen LogP contribution < -0.4 is 0 Å². The molecule has 2 N–H and O–H groups in total. The van der Waals surface area contributed by atoms with Crippen molar-refractivity contribution in [1.29, 1.82) is 0 Å². The molecule has 3 nitrogen and oxygen atoms in total. The van der Waals surface area contributed by atoms with Crippen molar-refractivity contribution in [2.45, 2.75) is 124 Å². The number of hydrogen-bond donors (Lipinski definition) is 2. The van der Waals surface area contributed by atoms with Gasteiger partial charge < -0.3 is 14.9 Å². The number of allylic oxidation sites excluding steroid dienone is 3. The summed E-state index contributed by atoms with van der Waals surface area (Å²) in [6.07, 6.45) is 15.8. The van der Waals surface area contributed by atoms with Crippen molar-refractivity contribution < 1.29 is 14.9 Å². The fourth-order valence-electron chi connectivity index (χ4n) is 8.67. The average Bonchev–Trinajstić information content (AvgIpc) is 3.16. The van der Waals surface area contributed by atoms with Crippen LogP contribution in [0.2, 0.25) is 0 Å². The van der Waals surface area contributed by atoms with E-state index in [2.05, 4.69) is 66.7 Å². The molecule has 3 fully saturated rings. The van der Waals surface area contributed by atoms with Gasteiger partial charge in [0.1, 0.15) is 11.7 Å². The molecule has 0 spiro atoms. The molecule has 0 aromatic heterocycles. The van der Waals surface area contributed by atoms with Gasteiger partial charge in [-0.2, -0.15) is 0 Å². The average molecular weight is 487 g/mol. The summed E-state index contributed by atoms with van der Waals surface area (Å²) in [5.41, 5.74) is 0.728. The van der Waals surface area contributed by atoms with Gasteiger partial charge in [0.15, 0.2) is 0 Å². The minimum absolute atomic E-state index is 0.217. The van der Waals surface area contributed by atoms with Crippen LogP contribution in [-0.2, 0) is 4.74 Å². The molecular weight excluding hydrogens is 432 g/mol. The zero-order chi connectivity index (χ0) is 25.6. The molecule has 3 heteroatoms. The van der Waals surface area contributed by atoms with Crippen molar-refractivity contribution in [2.24, 2.45) is 46.3 Å². The van der Waals surface area contributed by atoms with E-state index in [-0.39, 0.29) is 11.5 Å². The molecule has 10 atom stereocenters. The third kappa shape index (κ3) is 4.61. The number of fused-ring (bicyclic) bond motifs is 5. The summed E-state index contributed by atoms with van der Waals surface area (Å²) in [4.78, 5) is 0. The Labute approximate surface area is 215 Å². The number of ether oxygens (including phenoxy) is 1. The van der Waals surface area contributed by atoms with Crippen LogP contribution in [-0.4, -0.2) is 34.6 Å². The number of rotatable bonds is 8. The first-order chi connectivity index (χ1) is 16.5. The predicted octanol–water partition coefficient (Wildman–Crippen LogP) is 7.32. The second kappa shape index (κ2) is 10.3. The van der Waals surface area contributed by atoms with Crippen LogP contribution in [0, 0.1) is 46.3 Å². The Morgan fingerprint density at radius 1 is 1.03 bits per heavy atom. The standard InChI is InChI=1S/C32H54O3/c1-8-9-18-35-29-19-25-27-13-12-26(23(5)11-10-22(4)21(2)3)30(27,6)16-15-28(25)31(7)17-14-24(33)20-32(29,31)34/h10-11,19,21-24,26-29,33-34H,8-9,12-18,20H2,1-7H3/b11-10+/t22-,23+,24-,26+,27-,28-,29+,30+,31+,32-/m0/s1. The summed E-state index contributed by atoms with van der Waals surface area (Å²) >= 11 is 0. The molecule has 35 heavy (non-hydrogen) atoms. The molecule has 200 valence electrons. The molecule has 3 saturated carbocycles. The first-order valence-electron chi connectivity index (χ1n) is 14.9. The maximum absolute atomic E-state index is 12.2. The van der Waals surface area contributed by atoms with E-state index in [1.165, 1.54) is 19.3 Å². The number of aliphatic hydroxyl groups is 2. The molecule has 0 aliphatic heterocycles. The topological polar surface area (TPSA) is 49.7 Å². The fraction of sp³-hybridized carbons (Fsp3) is 0.875. The SMILES string of the molecule is CCCCO[C@@H]1C=C2[C@@H]3CC[C@H]([C@H](C)/C=C/[C@H](C)C(C)C)[C@@]3(C)CC[C@@H]2[C@@]2(C)CC[C@H](O)C[C@]12O. The van der Waals surface area contributed by atoms with Gasteiger partial charge >= 0.3 is 0 Å². The maximum atomic E-state index is 12.2. The van der Waals surface area contributed by atoms with Crippen LogP contribution in [0.3, 0.4) is 0 Å². The van der Waals surface area contributed by atoms with Crippen LogP contribution >= 0.6 is 0 Å². The van der Waals surface area contributed by atoms with Crippen LogP contribution in [0.5, 0.6) is 0 Å². The normalized spacial score (nSPS) is 45.1. The van der Waals surface area contributed by atoms with Crippen molar-refractivity contribution in [2.75, 3.05) is 6.61 Å². The summed E-state index contributed by atoms with van der Waals surface area (Å²) in [6.45, 7) is 17.2. The summed E-state index contributed by atoms with van der Waals surface area (Å²) in [5.74, 6) is 3.63. The molecule has 4 rings (SSSR count). The van der Waals surface area contributed by atoms with E-state index in [4.69, 9.17) is 4.74 Å². The molecule has 0 aromatic carbocycles. The Bertz CT molecular complexity index is 801. The molecule has 0 amide bonds. The lowest BCUT2D eigenvalue weighted by Crippen LogP contribution is -2.66. The van der Waals surface area contributed by atoms with Crippen LogP contribution in [0.25, 0.3) is 0 Å². The molecule has 0 aromatic rings. The second-order valence-electron chi connectivity index (χ2n) is 13.7. The number of aliphatic hydroxyl groups excluding tert-OH is 1. The highest BCUT2D eigenvalue weighted by molar-refractivity contribution is 5.33. The third-order valence-electron chi connectivity index (χ3n) is 11.5. The molecule has 0 bridgehead atoms. The zero-order valence-electron chi connectivity index (χ0n) is 23.7. The van der Waals surface area contributed by atoms with Crippen LogP contribution in [0.15, 0.2) is 23.8 Å². The first-order valence-corrected chi connectivity index (χ1v) is 14.9. The van der Waals surface area contributed by atoms with E-state index < -0.39 is 11.7 Å². The number of unbranched alkanes of at least 4 members (excludes halogenated alkanes) is 1. The molecule has 0 unspecified atom stereocenters. The summed E-state index contributed by atoms with van der Waals surface area (Å²) < 4.78 is 6.45. The van der Waals surface area contributed by atoms with Crippen molar-refractivity contribution in [3.63, 3.8) is 0 Å². The molecule has 0 heterocycles. The quantitative estimate of drug-likeness (QED) is 0.279. The van der Waals surface area contributed by atoms with Crippen molar-refractivity contribution >= 4 is 0 Å². The highest BCUT2D eigenvalue weighted by atomic mass is 16.5. The molecule has 0 saturated heterocycles. The summed E-state index contributed by atoms with van der Waals surface area (Å²) in [7, 11) is 0. The third-order valence-corrected chi connectivity index (χ3v) is 11.5. The smallest absolute Gasteiger partial charge is 0.105 e. The van der Waals surface area contributed by atoms with E-state index in [0.29, 0.717) is 54.0 Å². The van der Waals surface area contributed by atoms with Gasteiger partial charge in [0, 0.05) is 18.4 Å². The molecular formula is C32H54O3. The van der Waals surface area contributed by atoms with Gasteiger partial charge in [0.05, 0.1) is 6.10 Å². The lowest BCUT2D eigenvalue weighted by molar-refractivity contribution is -0.221. The Balaban J connectivity index is 1.64. The summed E-state index contributed by atoms with van der Waals surface area (Å²) in [5, 5.41) is 22.8. The zero-order valence-corrected chi connectivity index (χ0v) is 23.7. The van der Waals surface area contributed by atoms with Gasteiger partial charge in [-0.3, -0.25) is 0 Å². The van der Waals surface area contributed by atoms with Gasteiger partial charge in [0.2, 0.25) is 0 Å². The lowest BCUT2D eigenvalue weighted by Gasteiger charge is -2.62. The minimum Gasteiger partial charge on any atom is -0.393 e. The van der Waals surface area contributed by atoms with Crippen molar-refractivity contribution in [1.82, 2.24) is 0 Å². The van der Waals surface area contributed by atoms with E-state index in [1.54, 1.807) is 5.57 Å². The fourth-order valence-corrected chi connectivity index (χ4v) is 8.67.